The third-order valence-electron chi connectivity index (χ3n) is 5.18. The number of rotatable bonds is 10. The summed E-state index contributed by atoms with van der Waals surface area (Å²) in [5, 5.41) is 9.43. The van der Waals surface area contributed by atoms with Crippen LogP contribution in [0.3, 0.4) is 0 Å². The Morgan fingerprint density at radius 3 is 2.47 bits per heavy atom. The molecule has 1 aliphatic carbocycles. The van der Waals surface area contributed by atoms with Gasteiger partial charge in [-0.2, -0.15) is 0 Å². The first-order valence-electron chi connectivity index (χ1n) is 10.8. The maximum Gasteiger partial charge on any atom is 0.227 e. The van der Waals surface area contributed by atoms with Gasteiger partial charge in [0.15, 0.2) is 5.96 Å². The van der Waals surface area contributed by atoms with Gasteiger partial charge < -0.3 is 20.9 Å². The van der Waals surface area contributed by atoms with Crippen LogP contribution in [0.1, 0.15) is 52.0 Å². The van der Waals surface area contributed by atoms with Gasteiger partial charge in [0.2, 0.25) is 11.8 Å². The highest BCUT2D eigenvalue weighted by Crippen LogP contribution is 2.27. The normalized spacial score (nSPS) is 13.6. The SMILES string of the molecule is CCNC(=NCc1cccc(NC(=O)C2CCC2)c1)NCCC(=O)N(CC)CC.I. The molecule has 1 saturated carbocycles. The number of anilines is 1. The maximum absolute atomic E-state index is 12.1. The van der Waals surface area contributed by atoms with Crippen LogP contribution in [0.25, 0.3) is 0 Å². The fraction of sp³-hybridized carbons (Fsp3) is 0.591. The van der Waals surface area contributed by atoms with Crippen LogP contribution in [0.15, 0.2) is 29.3 Å². The molecule has 0 radical (unpaired) electrons. The molecule has 0 heterocycles. The first-order chi connectivity index (χ1) is 14.1. The van der Waals surface area contributed by atoms with E-state index in [2.05, 4.69) is 20.9 Å². The van der Waals surface area contributed by atoms with E-state index in [1.54, 1.807) is 0 Å². The van der Waals surface area contributed by atoms with Gasteiger partial charge in [-0.25, -0.2) is 4.99 Å². The van der Waals surface area contributed by atoms with Gasteiger partial charge in [0.25, 0.3) is 0 Å². The van der Waals surface area contributed by atoms with Crippen molar-refractivity contribution in [3.8, 4) is 0 Å². The van der Waals surface area contributed by atoms with E-state index in [0.717, 1.165) is 50.1 Å². The topological polar surface area (TPSA) is 85.8 Å². The Hall–Kier alpha value is -1.84. The van der Waals surface area contributed by atoms with Crippen molar-refractivity contribution in [2.75, 3.05) is 31.5 Å². The first kappa shape index (κ1) is 26.2. The Balaban J connectivity index is 0.00000450. The number of benzene rings is 1. The van der Waals surface area contributed by atoms with Gasteiger partial charge in [0, 0.05) is 44.2 Å². The fourth-order valence-electron chi connectivity index (χ4n) is 3.20. The standard InChI is InChI=1S/C22H35N5O2.HI/c1-4-23-22(24-14-13-20(28)27(5-2)6-3)25-16-17-9-7-12-19(15-17)26-21(29)18-10-8-11-18;/h7,9,12,15,18H,4-6,8,10-11,13-14,16H2,1-3H3,(H,26,29)(H2,23,24,25);1H. The van der Waals surface area contributed by atoms with Crippen molar-refractivity contribution in [1.82, 2.24) is 15.5 Å². The number of hydrogen-bond acceptors (Lipinski definition) is 3. The lowest BCUT2D eigenvalue weighted by atomic mass is 9.85. The van der Waals surface area contributed by atoms with Crippen LogP contribution >= 0.6 is 24.0 Å². The summed E-state index contributed by atoms with van der Waals surface area (Å²) in [4.78, 5) is 30.7. The monoisotopic (exact) mass is 529 g/mol. The molecule has 1 aromatic carbocycles. The van der Waals surface area contributed by atoms with Gasteiger partial charge in [-0.05, 0) is 51.3 Å². The highest BCUT2D eigenvalue weighted by atomic mass is 127. The number of hydrogen-bond donors (Lipinski definition) is 3. The molecule has 168 valence electrons. The Kier molecular flexibility index (Phi) is 12.4. The van der Waals surface area contributed by atoms with Crippen molar-refractivity contribution in [1.29, 1.82) is 0 Å². The number of nitrogens with one attached hydrogen (secondary N) is 3. The van der Waals surface area contributed by atoms with Gasteiger partial charge in [-0.3, -0.25) is 9.59 Å². The van der Waals surface area contributed by atoms with E-state index in [0.29, 0.717) is 25.5 Å². The summed E-state index contributed by atoms with van der Waals surface area (Å²) in [5.74, 6) is 1.11. The van der Waals surface area contributed by atoms with E-state index in [4.69, 9.17) is 0 Å². The van der Waals surface area contributed by atoms with E-state index >= 15 is 0 Å². The molecule has 30 heavy (non-hydrogen) atoms. The van der Waals surface area contributed by atoms with Crippen LogP contribution in [-0.4, -0.2) is 48.9 Å². The minimum absolute atomic E-state index is 0. The second kappa shape index (κ2) is 14.2. The van der Waals surface area contributed by atoms with Crippen molar-refractivity contribution in [2.45, 2.75) is 53.0 Å². The molecule has 1 aliphatic rings. The van der Waals surface area contributed by atoms with E-state index in [-0.39, 0.29) is 41.7 Å². The number of aliphatic imine (C=N–C) groups is 1. The van der Waals surface area contributed by atoms with Crippen LogP contribution in [0.2, 0.25) is 0 Å². The zero-order valence-corrected chi connectivity index (χ0v) is 20.7. The molecule has 0 aliphatic heterocycles. The van der Waals surface area contributed by atoms with Crippen LogP contribution < -0.4 is 16.0 Å². The summed E-state index contributed by atoms with van der Waals surface area (Å²) < 4.78 is 0. The summed E-state index contributed by atoms with van der Waals surface area (Å²) in [6.07, 6.45) is 3.57. The van der Waals surface area contributed by atoms with Crippen molar-refractivity contribution in [3.05, 3.63) is 29.8 Å². The summed E-state index contributed by atoms with van der Waals surface area (Å²) in [5.41, 5.74) is 1.84. The molecular formula is C22H36IN5O2. The van der Waals surface area contributed by atoms with Gasteiger partial charge in [0.1, 0.15) is 0 Å². The fourth-order valence-corrected chi connectivity index (χ4v) is 3.20. The first-order valence-corrected chi connectivity index (χ1v) is 10.8. The van der Waals surface area contributed by atoms with E-state index in [1.165, 1.54) is 0 Å². The smallest absolute Gasteiger partial charge is 0.227 e. The number of nitrogens with zero attached hydrogens (tertiary/aromatic N) is 2. The van der Waals surface area contributed by atoms with Gasteiger partial charge in [-0.1, -0.05) is 18.6 Å². The minimum Gasteiger partial charge on any atom is -0.357 e. The maximum atomic E-state index is 12.1. The Morgan fingerprint density at radius 1 is 1.13 bits per heavy atom. The van der Waals surface area contributed by atoms with Gasteiger partial charge in [0.05, 0.1) is 6.54 Å². The molecule has 1 fully saturated rings. The van der Waals surface area contributed by atoms with Crippen LogP contribution in [0.5, 0.6) is 0 Å². The summed E-state index contributed by atoms with van der Waals surface area (Å²) in [7, 11) is 0. The van der Waals surface area contributed by atoms with E-state index < -0.39 is 0 Å². The van der Waals surface area contributed by atoms with Crippen LogP contribution in [-0.2, 0) is 16.1 Å². The number of carbonyl (C=O) groups is 2. The zero-order chi connectivity index (χ0) is 21.1. The average Bonchev–Trinajstić information content (AvgIpc) is 2.66. The zero-order valence-electron chi connectivity index (χ0n) is 18.4. The van der Waals surface area contributed by atoms with Crippen molar-refractivity contribution in [2.24, 2.45) is 10.9 Å². The number of halogens is 1. The molecule has 1 aromatic rings. The molecule has 0 aromatic heterocycles. The summed E-state index contributed by atoms with van der Waals surface area (Å²) in [6.45, 7) is 9.23. The molecule has 0 saturated heterocycles. The number of carbonyl (C=O) groups excluding carboxylic acids is 2. The Bertz CT molecular complexity index is 703. The minimum atomic E-state index is 0. The molecule has 7 nitrogen and oxygen atoms in total. The molecule has 0 bridgehead atoms. The lowest BCUT2D eigenvalue weighted by Crippen LogP contribution is -2.40. The number of guanidine groups is 1. The highest BCUT2D eigenvalue weighted by molar-refractivity contribution is 14.0. The third-order valence-corrected chi connectivity index (χ3v) is 5.18. The molecule has 2 rings (SSSR count). The van der Waals surface area contributed by atoms with Gasteiger partial charge >= 0.3 is 0 Å². The lowest BCUT2D eigenvalue weighted by Gasteiger charge is -2.24. The van der Waals surface area contributed by atoms with Crippen LogP contribution in [0.4, 0.5) is 5.69 Å². The summed E-state index contributed by atoms with van der Waals surface area (Å²) in [6, 6.07) is 7.81. The molecular weight excluding hydrogens is 493 g/mol. The van der Waals surface area contributed by atoms with E-state index in [1.807, 2.05) is 49.9 Å². The molecule has 0 atom stereocenters. The largest absolute Gasteiger partial charge is 0.357 e. The molecule has 2 amide bonds. The molecule has 3 N–H and O–H groups in total. The molecule has 8 heteroatoms. The molecule has 0 unspecified atom stereocenters. The predicted molar refractivity (Wildman–Crippen MR) is 133 cm³/mol. The van der Waals surface area contributed by atoms with Crippen molar-refractivity contribution < 1.29 is 9.59 Å². The van der Waals surface area contributed by atoms with E-state index in [9.17, 15) is 9.59 Å². The van der Waals surface area contributed by atoms with Gasteiger partial charge in [-0.15, -0.1) is 24.0 Å². The lowest BCUT2D eigenvalue weighted by molar-refractivity contribution is -0.130. The predicted octanol–water partition coefficient (Wildman–Crippen LogP) is 3.36. The Labute approximate surface area is 197 Å². The quantitative estimate of drug-likeness (QED) is 0.247. The third kappa shape index (κ3) is 8.49. The average molecular weight is 529 g/mol. The second-order valence-corrected chi connectivity index (χ2v) is 7.26. The molecule has 0 spiro atoms. The van der Waals surface area contributed by atoms with Crippen molar-refractivity contribution >= 4 is 47.4 Å². The second-order valence-electron chi connectivity index (χ2n) is 7.26. The highest BCUT2D eigenvalue weighted by Gasteiger charge is 2.25. The number of amides is 2. The van der Waals surface area contributed by atoms with Crippen molar-refractivity contribution in [3.63, 3.8) is 0 Å². The Morgan fingerprint density at radius 2 is 1.87 bits per heavy atom. The van der Waals surface area contributed by atoms with Crippen LogP contribution in [0, 0.1) is 5.92 Å². The summed E-state index contributed by atoms with van der Waals surface area (Å²) >= 11 is 0.